The Morgan fingerprint density at radius 2 is 1.70 bits per heavy atom. The zero-order chi connectivity index (χ0) is 22.3. The predicted octanol–water partition coefficient (Wildman–Crippen LogP) is 5.04. The lowest BCUT2D eigenvalue weighted by atomic mass is 9.95. The minimum atomic E-state index is -0.974. The van der Waals surface area contributed by atoms with Gasteiger partial charge in [-0.3, -0.25) is 9.36 Å². The second-order valence-corrected chi connectivity index (χ2v) is 9.30. The highest BCUT2D eigenvalue weighted by Gasteiger charge is 2.23. The maximum Gasteiger partial charge on any atom is 0.251 e. The molecule has 0 spiro atoms. The summed E-state index contributed by atoms with van der Waals surface area (Å²) in [5.74, 6) is -0.964. The molecule has 1 N–H and O–H groups in total. The largest absolute Gasteiger partial charge is 0.347 e. The van der Waals surface area contributed by atoms with E-state index in [0.717, 1.165) is 18.0 Å². The first-order chi connectivity index (χ1) is 13.8. The number of halogens is 2. The van der Waals surface area contributed by atoms with Crippen LogP contribution in [-0.2, 0) is 5.41 Å². The van der Waals surface area contributed by atoms with Crippen LogP contribution >= 0.6 is 0 Å². The van der Waals surface area contributed by atoms with Gasteiger partial charge < -0.3 is 5.32 Å². The molecule has 0 aliphatic heterocycles. The summed E-state index contributed by atoms with van der Waals surface area (Å²) in [6, 6.07) is 6.80. The van der Waals surface area contributed by atoms with Crippen LogP contribution in [0.5, 0.6) is 0 Å². The Bertz CT molecular complexity index is 1090. The van der Waals surface area contributed by atoms with E-state index in [9.17, 15) is 13.6 Å². The first kappa shape index (κ1) is 21.6. The normalized spacial score (nSPS) is 12.1. The van der Waals surface area contributed by atoms with E-state index in [-0.39, 0.29) is 11.3 Å². The van der Waals surface area contributed by atoms with Crippen molar-refractivity contribution < 1.29 is 13.6 Å². The summed E-state index contributed by atoms with van der Waals surface area (Å²) >= 11 is 0. The molecule has 0 fully saturated rings. The second kappa shape index (κ2) is 7.63. The third-order valence-electron chi connectivity index (χ3n) is 4.34. The van der Waals surface area contributed by atoms with Crippen LogP contribution in [0.4, 0.5) is 8.78 Å². The minimum absolute atomic E-state index is 0.267. The number of rotatable bonds is 3. The van der Waals surface area contributed by atoms with Crippen molar-refractivity contribution in [3.63, 3.8) is 0 Å². The molecule has 5 nitrogen and oxygen atoms in total. The molecule has 3 aromatic rings. The van der Waals surface area contributed by atoms with Gasteiger partial charge in [-0.05, 0) is 51.1 Å². The first-order valence-electron chi connectivity index (χ1n) is 9.69. The maximum absolute atomic E-state index is 13.8. The highest BCUT2D eigenvalue weighted by Crippen LogP contribution is 2.27. The van der Waals surface area contributed by atoms with Gasteiger partial charge in [0.2, 0.25) is 0 Å². The third-order valence-corrected chi connectivity index (χ3v) is 4.34. The molecule has 158 valence electrons. The summed E-state index contributed by atoms with van der Waals surface area (Å²) in [5, 5.41) is 2.93. The van der Waals surface area contributed by atoms with Gasteiger partial charge in [0.15, 0.2) is 11.6 Å². The Hall–Kier alpha value is -3.09. The number of hydrogen-bond acceptors (Lipinski definition) is 3. The van der Waals surface area contributed by atoms with Crippen molar-refractivity contribution in [2.24, 2.45) is 0 Å². The smallest absolute Gasteiger partial charge is 0.251 e. The Kier molecular flexibility index (Phi) is 5.50. The molecule has 2 heterocycles. The number of hydrogen-bond donors (Lipinski definition) is 1. The Labute approximate surface area is 175 Å². The van der Waals surface area contributed by atoms with Crippen LogP contribution in [0.2, 0.25) is 0 Å². The van der Waals surface area contributed by atoms with Crippen molar-refractivity contribution >= 4 is 5.91 Å². The molecule has 7 heteroatoms. The lowest BCUT2D eigenvalue weighted by Crippen LogP contribution is -2.40. The fourth-order valence-corrected chi connectivity index (χ4v) is 3.03. The average molecular weight is 412 g/mol. The molecule has 0 bridgehead atoms. The van der Waals surface area contributed by atoms with Gasteiger partial charge >= 0.3 is 0 Å². The van der Waals surface area contributed by atoms with Crippen molar-refractivity contribution in [2.75, 3.05) is 0 Å². The number of pyridine rings is 1. The third kappa shape index (κ3) is 4.72. The molecule has 2 aromatic heterocycles. The number of aromatic nitrogens is 3. The Morgan fingerprint density at radius 1 is 1.00 bits per heavy atom. The zero-order valence-electron chi connectivity index (χ0n) is 18.0. The lowest BCUT2D eigenvalue weighted by Gasteiger charge is -2.22. The van der Waals surface area contributed by atoms with Crippen molar-refractivity contribution in [1.82, 2.24) is 19.9 Å². The molecule has 30 heavy (non-hydrogen) atoms. The number of benzene rings is 1. The average Bonchev–Trinajstić information content (AvgIpc) is 3.12. The van der Waals surface area contributed by atoms with Crippen LogP contribution in [0, 0.1) is 11.6 Å². The second-order valence-electron chi connectivity index (χ2n) is 9.30. The van der Waals surface area contributed by atoms with E-state index in [4.69, 9.17) is 0 Å². The fraction of sp³-hybridized carbons (Fsp3) is 0.348. The Balaban J connectivity index is 2.20. The monoisotopic (exact) mass is 412 g/mol. The van der Waals surface area contributed by atoms with Gasteiger partial charge in [-0.2, -0.15) is 0 Å². The molecular weight excluding hydrogens is 386 g/mol. The molecular formula is C23H26F2N4O. The molecule has 0 radical (unpaired) electrons. The standard InChI is InChI=1S/C23H26F2N4O/c1-22(2,3)21-26-9-10-29(21)19-13-15(20(30)28-23(4,5)6)12-18(27-19)14-7-8-16(24)17(25)11-14/h7-13H,1-6H3,(H,28,30). The van der Waals surface area contributed by atoms with E-state index < -0.39 is 17.2 Å². The molecule has 0 saturated carbocycles. The summed E-state index contributed by atoms with van der Waals surface area (Å²) in [4.78, 5) is 21.9. The highest BCUT2D eigenvalue weighted by atomic mass is 19.2. The summed E-state index contributed by atoms with van der Waals surface area (Å²) in [6.45, 7) is 11.7. The summed E-state index contributed by atoms with van der Waals surface area (Å²) in [5.41, 5.74) is 0.394. The maximum atomic E-state index is 13.8. The van der Waals surface area contributed by atoms with Crippen LogP contribution in [-0.4, -0.2) is 26.0 Å². The van der Waals surface area contributed by atoms with Gasteiger partial charge in [-0.1, -0.05) is 20.8 Å². The molecule has 0 unspecified atom stereocenters. The molecule has 3 rings (SSSR count). The van der Waals surface area contributed by atoms with Crippen molar-refractivity contribution in [3.8, 4) is 17.1 Å². The van der Waals surface area contributed by atoms with Crippen molar-refractivity contribution in [1.29, 1.82) is 0 Å². The molecule has 0 aliphatic carbocycles. The van der Waals surface area contributed by atoms with E-state index in [0.29, 0.717) is 22.6 Å². The van der Waals surface area contributed by atoms with Crippen molar-refractivity contribution in [3.05, 3.63) is 65.7 Å². The number of imidazole rings is 1. The van der Waals surface area contributed by atoms with E-state index in [1.54, 1.807) is 29.1 Å². The summed E-state index contributed by atoms with van der Waals surface area (Å²) in [7, 11) is 0. The molecule has 0 aliphatic rings. The van der Waals surface area contributed by atoms with Crippen LogP contribution < -0.4 is 5.32 Å². The zero-order valence-corrected chi connectivity index (χ0v) is 18.0. The van der Waals surface area contributed by atoms with Gasteiger partial charge in [0.1, 0.15) is 11.6 Å². The van der Waals surface area contributed by atoms with Crippen LogP contribution in [0.1, 0.15) is 57.7 Å². The van der Waals surface area contributed by atoms with E-state index in [1.165, 1.54) is 6.07 Å². The SMILES string of the molecule is CC(C)(C)NC(=O)c1cc(-c2ccc(F)c(F)c2)nc(-n2ccnc2C(C)(C)C)c1. The first-order valence-corrected chi connectivity index (χ1v) is 9.69. The molecule has 0 atom stereocenters. The van der Waals surface area contributed by atoms with Crippen LogP contribution in [0.3, 0.4) is 0 Å². The molecule has 1 amide bonds. The van der Waals surface area contributed by atoms with E-state index in [1.807, 2.05) is 41.5 Å². The van der Waals surface area contributed by atoms with E-state index in [2.05, 4.69) is 15.3 Å². The highest BCUT2D eigenvalue weighted by molar-refractivity contribution is 5.96. The topological polar surface area (TPSA) is 59.8 Å². The van der Waals surface area contributed by atoms with Crippen LogP contribution in [0.15, 0.2) is 42.7 Å². The van der Waals surface area contributed by atoms with Gasteiger partial charge in [0, 0.05) is 34.5 Å². The van der Waals surface area contributed by atoms with Crippen LogP contribution in [0.25, 0.3) is 17.1 Å². The van der Waals surface area contributed by atoms with Gasteiger partial charge in [0.05, 0.1) is 5.69 Å². The van der Waals surface area contributed by atoms with Gasteiger partial charge in [0.25, 0.3) is 5.91 Å². The van der Waals surface area contributed by atoms with Gasteiger partial charge in [-0.25, -0.2) is 18.7 Å². The van der Waals surface area contributed by atoms with Crippen molar-refractivity contribution in [2.45, 2.75) is 52.5 Å². The summed E-state index contributed by atoms with van der Waals surface area (Å²) < 4.78 is 29.1. The molecule has 0 saturated heterocycles. The predicted molar refractivity (Wildman–Crippen MR) is 113 cm³/mol. The van der Waals surface area contributed by atoms with Gasteiger partial charge in [-0.15, -0.1) is 0 Å². The Morgan fingerprint density at radius 3 is 2.30 bits per heavy atom. The number of carbonyl (C=O) groups is 1. The number of nitrogens with one attached hydrogen (secondary N) is 1. The number of carbonyl (C=O) groups excluding carboxylic acids is 1. The number of nitrogens with zero attached hydrogens (tertiary/aromatic N) is 3. The minimum Gasteiger partial charge on any atom is -0.347 e. The number of amides is 1. The fourth-order valence-electron chi connectivity index (χ4n) is 3.03. The lowest BCUT2D eigenvalue weighted by molar-refractivity contribution is 0.0919. The van der Waals surface area contributed by atoms with E-state index >= 15 is 0 Å². The quantitative estimate of drug-likeness (QED) is 0.656. The molecule has 1 aromatic carbocycles. The summed E-state index contributed by atoms with van der Waals surface area (Å²) in [6.07, 6.45) is 3.44.